The number of anilines is 1. The monoisotopic (exact) mass is 540 g/mol. The number of hydrogen-bond donors (Lipinski definition) is 1. The summed E-state index contributed by atoms with van der Waals surface area (Å²) in [5.74, 6) is 1.78. The van der Waals surface area contributed by atoms with Gasteiger partial charge in [0, 0.05) is 40.9 Å². The molecule has 4 aromatic heterocycles. The normalized spacial score (nSPS) is 14.4. The van der Waals surface area contributed by atoms with Gasteiger partial charge >= 0.3 is 0 Å². The molecule has 1 N–H and O–H groups in total. The summed E-state index contributed by atoms with van der Waals surface area (Å²) in [5, 5.41) is 8.16. The van der Waals surface area contributed by atoms with Crippen LogP contribution in [0.15, 0.2) is 48.9 Å². The van der Waals surface area contributed by atoms with Crippen LogP contribution in [-0.4, -0.2) is 74.4 Å². The van der Waals surface area contributed by atoms with E-state index in [2.05, 4.69) is 34.9 Å². The van der Waals surface area contributed by atoms with Gasteiger partial charge in [-0.1, -0.05) is 6.07 Å². The Morgan fingerprint density at radius 3 is 2.46 bits per heavy atom. The Hall–Kier alpha value is -3.75. The summed E-state index contributed by atoms with van der Waals surface area (Å²) < 4.78 is 35.3. The molecule has 4 heterocycles. The molecule has 1 unspecified atom stereocenters. The molecule has 0 aliphatic heterocycles. The first-order chi connectivity index (χ1) is 17.8. The number of aryl methyl sites for hydroxylation is 1. The first kappa shape index (κ1) is 26.3. The number of rotatable bonds is 10. The molecule has 4 aromatic rings. The SMILES string of the molecule is COc1cccc(-c2nnc(NS(=O)(=[SiH2])[C@@H](C)[C@H](OC)c3ncc(C)cn3)n2-c2cccnc2OC)n1. The molecule has 194 valence electrons. The maximum Gasteiger partial charge on any atom is 0.240 e. The van der Waals surface area contributed by atoms with Gasteiger partial charge in [0.15, 0.2) is 11.6 Å². The summed E-state index contributed by atoms with van der Waals surface area (Å²) in [5.41, 5.74) is 1.95. The first-order valence-electron chi connectivity index (χ1n) is 11.2. The predicted molar refractivity (Wildman–Crippen MR) is 142 cm³/mol. The highest BCUT2D eigenvalue weighted by molar-refractivity contribution is 8.06. The topological polar surface area (TPSA) is 139 Å². The summed E-state index contributed by atoms with van der Waals surface area (Å²) in [6.45, 7) is 3.71. The third-order valence-electron chi connectivity index (χ3n) is 5.61. The molecular weight excluding hydrogens is 512 g/mol. The molecule has 0 aliphatic rings. The number of nitrogens with one attached hydrogen (secondary N) is 1. The number of methoxy groups -OCH3 is 3. The van der Waals surface area contributed by atoms with Gasteiger partial charge in [-0.15, -0.1) is 10.2 Å². The molecular formula is C23H28N8O4SSi. The Kier molecular flexibility index (Phi) is 7.90. The second-order valence-corrected chi connectivity index (χ2v) is 13.1. The number of nitrogens with zero attached hydrogens (tertiary/aromatic N) is 7. The lowest BCUT2D eigenvalue weighted by Crippen LogP contribution is -2.33. The fourth-order valence-corrected chi connectivity index (χ4v) is 5.78. The maximum atomic E-state index is 14.1. The third kappa shape index (κ3) is 5.50. The average molecular weight is 541 g/mol. The molecule has 0 bridgehead atoms. The zero-order valence-corrected chi connectivity index (χ0v) is 23.4. The van der Waals surface area contributed by atoms with Crippen LogP contribution in [0.4, 0.5) is 5.95 Å². The summed E-state index contributed by atoms with van der Waals surface area (Å²) in [7, 11) is 3.10. The Morgan fingerprint density at radius 2 is 1.78 bits per heavy atom. The van der Waals surface area contributed by atoms with Crippen molar-refractivity contribution in [3.05, 3.63) is 60.3 Å². The van der Waals surface area contributed by atoms with Crippen LogP contribution < -0.4 is 14.2 Å². The van der Waals surface area contributed by atoms with Crippen LogP contribution in [0, 0.1) is 6.92 Å². The number of ether oxygens (including phenoxy) is 3. The Bertz CT molecular complexity index is 1480. The van der Waals surface area contributed by atoms with E-state index in [1.165, 1.54) is 23.2 Å². The molecule has 37 heavy (non-hydrogen) atoms. The molecule has 0 radical (unpaired) electrons. The summed E-state index contributed by atoms with van der Waals surface area (Å²) >= 11 is 0. The van der Waals surface area contributed by atoms with E-state index in [4.69, 9.17) is 14.2 Å². The van der Waals surface area contributed by atoms with Crippen LogP contribution in [0.5, 0.6) is 11.8 Å². The van der Waals surface area contributed by atoms with E-state index >= 15 is 0 Å². The molecule has 3 atom stereocenters. The lowest BCUT2D eigenvalue weighted by Gasteiger charge is -2.26. The van der Waals surface area contributed by atoms with Crippen LogP contribution in [0.2, 0.25) is 0 Å². The fraction of sp³-hybridized carbons (Fsp3) is 0.304. The Labute approximate surface area is 217 Å². The van der Waals surface area contributed by atoms with Crippen LogP contribution in [0.1, 0.15) is 24.4 Å². The van der Waals surface area contributed by atoms with Crippen molar-refractivity contribution in [1.82, 2.24) is 34.7 Å². The third-order valence-corrected chi connectivity index (χ3v) is 9.60. The lowest BCUT2D eigenvalue weighted by atomic mass is 10.2. The van der Waals surface area contributed by atoms with E-state index in [1.807, 2.05) is 13.8 Å². The van der Waals surface area contributed by atoms with E-state index in [0.29, 0.717) is 34.8 Å². The quantitative estimate of drug-likeness (QED) is 0.296. The number of pyridine rings is 2. The molecule has 0 saturated carbocycles. The molecule has 0 saturated heterocycles. The maximum absolute atomic E-state index is 14.1. The van der Waals surface area contributed by atoms with Crippen LogP contribution in [0.25, 0.3) is 17.2 Å². The van der Waals surface area contributed by atoms with Crippen LogP contribution in [0.3, 0.4) is 0 Å². The molecule has 0 amide bonds. The lowest BCUT2D eigenvalue weighted by molar-refractivity contribution is 0.0960. The van der Waals surface area contributed by atoms with E-state index in [-0.39, 0.29) is 5.95 Å². The molecule has 0 aromatic carbocycles. The van der Waals surface area contributed by atoms with Crippen LogP contribution >= 0.6 is 0 Å². The Balaban J connectivity index is 1.79. The average Bonchev–Trinajstić information content (AvgIpc) is 3.32. The van der Waals surface area contributed by atoms with Gasteiger partial charge in [0.2, 0.25) is 17.7 Å². The van der Waals surface area contributed by atoms with Crippen molar-refractivity contribution in [2.75, 3.05) is 26.1 Å². The molecule has 0 aliphatic carbocycles. The number of aromatic nitrogens is 7. The second-order valence-electron chi connectivity index (χ2n) is 8.09. The summed E-state index contributed by atoms with van der Waals surface area (Å²) in [6, 6.07) is 8.86. The van der Waals surface area contributed by atoms with Gasteiger partial charge in [0.1, 0.15) is 17.5 Å². The first-order valence-corrected chi connectivity index (χ1v) is 14.7. The minimum atomic E-state index is -2.82. The fourth-order valence-electron chi connectivity index (χ4n) is 3.61. The van der Waals surface area contributed by atoms with Gasteiger partial charge in [-0.05, 0) is 37.6 Å². The minimum absolute atomic E-state index is 0.220. The molecule has 12 nitrogen and oxygen atoms in total. The van der Waals surface area contributed by atoms with Crippen molar-refractivity contribution in [2.24, 2.45) is 0 Å². The largest absolute Gasteiger partial charge is 0.481 e. The van der Waals surface area contributed by atoms with Gasteiger partial charge in [0.25, 0.3) is 0 Å². The van der Waals surface area contributed by atoms with Gasteiger partial charge in [-0.3, -0.25) is 13.5 Å². The van der Waals surface area contributed by atoms with E-state index in [1.54, 1.807) is 60.6 Å². The van der Waals surface area contributed by atoms with E-state index in [9.17, 15) is 4.21 Å². The molecule has 0 spiro atoms. The Morgan fingerprint density at radius 1 is 1.03 bits per heavy atom. The van der Waals surface area contributed by atoms with Gasteiger partial charge in [-0.25, -0.2) is 19.9 Å². The standard InChI is InChI=1S/C23H28N8O4SSi/c1-14-12-25-20(26-13-14)19(34-4)15(2)36(32,37)30-23-29-28-21(16-8-6-10-18(27-16)33-3)31(23)17-9-7-11-24-22(17)35-5/h6-13,15,19H,37H2,1-5H3,(H,29,30,32)/t15-,19-,36?/m0/s1. The van der Waals surface area contributed by atoms with E-state index in [0.717, 1.165) is 5.56 Å². The van der Waals surface area contributed by atoms with E-state index < -0.39 is 20.5 Å². The molecule has 4 rings (SSSR count). The summed E-state index contributed by atoms with van der Waals surface area (Å²) in [4.78, 5) is 17.5. The zero-order chi connectivity index (χ0) is 26.6. The van der Waals surface area contributed by atoms with Gasteiger partial charge < -0.3 is 14.2 Å². The minimum Gasteiger partial charge on any atom is -0.481 e. The smallest absolute Gasteiger partial charge is 0.240 e. The zero-order valence-electron chi connectivity index (χ0n) is 21.2. The molecule has 14 heteroatoms. The highest BCUT2D eigenvalue weighted by atomic mass is 32.3. The van der Waals surface area contributed by atoms with Crippen molar-refractivity contribution >= 4 is 24.0 Å². The van der Waals surface area contributed by atoms with Crippen molar-refractivity contribution in [2.45, 2.75) is 25.2 Å². The van der Waals surface area contributed by atoms with Crippen molar-refractivity contribution in [1.29, 1.82) is 0 Å². The number of hydrogen-bond acceptors (Lipinski definition) is 10. The van der Waals surface area contributed by atoms with Crippen molar-refractivity contribution in [3.63, 3.8) is 0 Å². The molecule has 0 fully saturated rings. The van der Waals surface area contributed by atoms with Gasteiger partial charge in [-0.2, -0.15) is 0 Å². The predicted octanol–water partition coefficient (Wildman–Crippen LogP) is 1.78. The second kappa shape index (κ2) is 11.1. The van der Waals surface area contributed by atoms with Gasteiger partial charge in [0.05, 0.1) is 28.4 Å². The summed E-state index contributed by atoms with van der Waals surface area (Å²) in [6.07, 6.45) is 4.39. The van der Waals surface area contributed by atoms with Crippen molar-refractivity contribution in [3.8, 4) is 29.0 Å². The van der Waals surface area contributed by atoms with Crippen molar-refractivity contribution < 1.29 is 18.4 Å². The highest BCUT2D eigenvalue weighted by Crippen LogP contribution is 2.31. The highest BCUT2D eigenvalue weighted by Gasteiger charge is 2.30. The van der Waals surface area contributed by atoms with Crippen LogP contribution in [-0.2, 0) is 13.9 Å².